The number of amides is 1. The van der Waals surface area contributed by atoms with E-state index >= 15 is 0 Å². The Hall–Kier alpha value is -1.57. The van der Waals surface area contributed by atoms with Crippen LogP contribution in [0.4, 0.5) is 5.69 Å². The number of rotatable bonds is 8. The predicted octanol–water partition coefficient (Wildman–Crippen LogP) is 3.09. The summed E-state index contributed by atoms with van der Waals surface area (Å²) in [5.41, 5.74) is 0.716. The molecule has 1 N–H and O–H groups in total. The third-order valence-electron chi connectivity index (χ3n) is 3.09. The molecule has 23 heavy (non-hydrogen) atoms. The van der Waals surface area contributed by atoms with Gasteiger partial charge in [-0.2, -0.15) is 0 Å². The predicted molar refractivity (Wildman–Crippen MR) is 91.9 cm³/mol. The molecule has 124 valence electrons. The lowest BCUT2D eigenvalue weighted by Gasteiger charge is -2.12. The lowest BCUT2D eigenvalue weighted by Crippen LogP contribution is -2.22. The Morgan fingerprint density at radius 3 is 2.87 bits per heavy atom. The highest BCUT2D eigenvalue weighted by molar-refractivity contribution is 8.00. The maximum absolute atomic E-state index is 12.3. The first-order chi connectivity index (χ1) is 11.1. The van der Waals surface area contributed by atoms with Crippen molar-refractivity contribution in [1.29, 1.82) is 0 Å². The highest BCUT2D eigenvalue weighted by Crippen LogP contribution is 2.22. The lowest BCUT2D eigenvalue weighted by atomic mass is 10.3. The Morgan fingerprint density at radius 2 is 2.17 bits per heavy atom. The second-order valence-corrected chi connectivity index (χ2v) is 6.65. The number of methoxy groups -OCH3 is 1. The second kappa shape index (κ2) is 8.90. The maximum Gasteiger partial charge on any atom is 0.237 e. The number of aromatic nitrogens is 3. The van der Waals surface area contributed by atoms with Crippen LogP contribution in [0, 0.1) is 0 Å². The van der Waals surface area contributed by atoms with E-state index in [0.717, 1.165) is 18.1 Å². The van der Waals surface area contributed by atoms with Crippen LogP contribution in [0.15, 0.2) is 35.7 Å². The zero-order valence-corrected chi connectivity index (χ0v) is 14.6. The minimum Gasteiger partial charge on any atom is -0.385 e. The number of carbonyl (C=O) groups is 1. The topological polar surface area (TPSA) is 69.0 Å². The van der Waals surface area contributed by atoms with Gasteiger partial charge in [-0.25, -0.2) is 0 Å². The van der Waals surface area contributed by atoms with Crippen molar-refractivity contribution in [2.45, 2.75) is 30.3 Å². The number of ether oxygens (including phenoxy) is 1. The molecule has 0 aliphatic heterocycles. The summed E-state index contributed by atoms with van der Waals surface area (Å²) in [4.78, 5) is 12.3. The number of aryl methyl sites for hydroxylation is 1. The quantitative estimate of drug-likeness (QED) is 0.582. The molecule has 8 heteroatoms. The van der Waals surface area contributed by atoms with Crippen LogP contribution in [-0.2, 0) is 16.1 Å². The third-order valence-corrected chi connectivity index (χ3v) is 4.44. The average Bonchev–Trinajstić information content (AvgIpc) is 2.97. The van der Waals surface area contributed by atoms with Crippen molar-refractivity contribution in [2.75, 3.05) is 19.0 Å². The molecule has 0 saturated carbocycles. The van der Waals surface area contributed by atoms with E-state index in [1.54, 1.807) is 37.7 Å². The first-order valence-corrected chi connectivity index (χ1v) is 8.45. The Morgan fingerprint density at radius 1 is 1.43 bits per heavy atom. The van der Waals surface area contributed by atoms with Crippen LogP contribution in [0.25, 0.3) is 0 Å². The molecule has 1 heterocycles. The fourth-order valence-electron chi connectivity index (χ4n) is 1.86. The van der Waals surface area contributed by atoms with E-state index in [1.165, 1.54) is 11.8 Å². The molecule has 6 nitrogen and oxygen atoms in total. The summed E-state index contributed by atoms with van der Waals surface area (Å²) >= 11 is 7.21. The van der Waals surface area contributed by atoms with Crippen LogP contribution in [0.1, 0.15) is 13.3 Å². The maximum atomic E-state index is 12.3. The second-order valence-electron chi connectivity index (χ2n) is 4.91. The van der Waals surface area contributed by atoms with Crippen molar-refractivity contribution in [3.05, 3.63) is 35.6 Å². The molecule has 2 aromatic rings. The summed E-state index contributed by atoms with van der Waals surface area (Å²) in [6.07, 6.45) is 2.54. The Bertz CT molecular complexity index is 633. The monoisotopic (exact) mass is 354 g/mol. The van der Waals surface area contributed by atoms with Crippen LogP contribution in [0.3, 0.4) is 0 Å². The molecule has 0 saturated heterocycles. The van der Waals surface area contributed by atoms with Gasteiger partial charge in [0.2, 0.25) is 5.91 Å². The van der Waals surface area contributed by atoms with Crippen molar-refractivity contribution >= 4 is 35.0 Å². The van der Waals surface area contributed by atoms with Gasteiger partial charge in [-0.15, -0.1) is 10.2 Å². The molecule has 0 aliphatic carbocycles. The lowest BCUT2D eigenvalue weighted by molar-refractivity contribution is -0.115. The molecule has 0 spiro atoms. The summed E-state index contributed by atoms with van der Waals surface area (Å²) in [7, 11) is 1.67. The summed E-state index contributed by atoms with van der Waals surface area (Å²) < 4.78 is 6.97. The number of halogens is 1. The van der Waals surface area contributed by atoms with E-state index in [0.29, 0.717) is 17.3 Å². The average molecular weight is 355 g/mol. The van der Waals surface area contributed by atoms with Gasteiger partial charge in [0.15, 0.2) is 5.16 Å². The summed E-state index contributed by atoms with van der Waals surface area (Å²) in [6.45, 7) is 3.27. The minimum absolute atomic E-state index is 0.0937. The number of benzene rings is 1. The summed E-state index contributed by atoms with van der Waals surface area (Å²) in [6, 6.07) is 7.01. The first-order valence-electron chi connectivity index (χ1n) is 7.20. The minimum atomic E-state index is -0.295. The smallest absolute Gasteiger partial charge is 0.237 e. The number of thioether (sulfide) groups is 1. The van der Waals surface area contributed by atoms with Gasteiger partial charge in [-0.3, -0.25) is 4.79 Å². The number of hydrogen-bond acceptors (Lipinski definition) is 5. The molecule has 0 radical (unpaired) electrons. The van der Waals surface area contributed by atoms with Gasteiger partial charge < -0.3 is 14.6 Å². The molecule has 0 bridgehead atoms. The molecule has 1 aromatic carbocycles. The Balaban J connectivity index is 1.90. The fourth-order valence-corrected chi connectivity index (χ4v) is 2.83. The number of hydrogen-bond donors (Lipinski definition) is 1. The number of carbonyl (C=O) groups excluding carboxylic acids is 1. The van der Waals surface area contributed by atoms with E-state index < -0.39 is 0 Å². The zero-order chi connectivity index (χ0) is 16.7. The molecular formula is C15H19ClN4O2S. The molecule has 1 amide bonds. The Labute approximate surface area is 144 Å². The summed E-state index contributed by atoms with van der Waals surface area (Å²) in [5.74, 6) is -0.0937. The van der Waals surface area contributed by atoms with Gasteiger partial charge in [-0.1, -0.05) is 23.4 Å². The van der Waals surface area contributed by atoms with E-state index in [2.05, 4.69) is 15.5 Å². The highest BCUT2D eigenvalue weighted by Gasteiger charge is 2.18. The standard InChI is InChI=1S/C15H19ClN4O2S/c1-11(14(21)18-13-6-4-12(16)5-7-13)23-15-19-17-10-20(15)8-3-9-22-2/h4-7,10-11H,3,8-9H2,1-2H3,(H,18,21). The SMILES string of the molecule is COCCCn1cnnc1SC(C)C(=O)Nc1ccc(Cl)cc1. The van der Waals surface area contributed by atoms with Gasteiger partial charge in [0.1, 0.15) is 6.33 Å². The first kappa shape index (κ1) is 17.8. The van der Waals surface area contributed by atoms with Crippen LogP contribution < -0.4 is 5.32 Å². The van der Waals surface area contributed by atoms with E-state index in [4.69, 9.17) is 16.3 Å². The van der Waals surface area contributed by atoms with Gasteiger partial charge in [0.25, 0.3) is 0 Å². The number of nitrogens with one attached hydrogen (secondary N) is 1. The van der Waals surface area contributed by atoms with Crippen LogP contribution >= 0.6 is 23.4 Å². The van der Waals surface area contributed by atoms with Gasteiger partial charge in [0, 0.05) is 31.0 Å². The molecule has 1 atom stereocenters. The summed E-state index contributed by atoms with van der Waals surface area (Å²) in [5, 5.41) is 11.9. The van der Waals surface area contributed by atoms with Crippen LogP contribution in [0.5, 0.6) is 0 Å². The van der Waals surface area contributed by atoms with Crippen molar-refractivity contribution in [3.63, 3.8) is 0 Å². The molecule has 1 unspecified atom stereocenters. The molecule has 2 rings (SSSR count). The normalized spacial score (nSPS) is 12.1. The van der Waals surface area contributed by atoms with Crippen molar-refractivity contribution in [2.24, 2.45) is 0 Å². The van der Waals surface area contributed by atoms with Crippen molar-refractivity contribution in [1.82, 2.24) is 14.8 Å². The fraction of sp³-hybridized carbons (Fsp3) is 0.400. The largest absolute Gasteiger partial charge is 0.385 e. The molecule has 1 aromatic heterocycles. The van der Waals surface area contributed by atoms with Crippen LogP contribution in [0.2, 0.25) is 5.02 Å². The number of nitrogens with zero attached hydrogens (tertiary/aromatic N) is 3. The Kier molecular flexibility index (Phi) is 6.88. The van der Waals surface area contributed by atoms with Crippen molar-refractivity contribution in [3.8, 4) is 0 Å². The van der Waals surface area contributed by atoms with Crippen molar-refractivity contribution < 1.29 is 9.53 Å². The van der Waals surface area contributed by atoms with E-state index in [-0.39, 0.29) is 11.2 Å². The third kappa shape index (κ3) is 5.53. The van der Waals surface area contributed by atoms with Gasteiger partial charge in [0.05, 0.1) is 5.25 Å². The van der Waals surface area contributed by atoms with Gasteiger partial charge in [-0.05, 0) is 37.6 Å². The van der Waals surface area contributed by atoms with Gasteiger partial charge >= 0.3 is 0 Å². The molecule has 0 fully saturated rings. The zero-order valence-electron chi connectivity index (χ0n) is 13.0. The highest BCUT2D eigenvalue weighted by atomic mass is 35.5. The van der Waals surface area contributed by atoms with Crippen LogP contribution in [-0.4, -0.2) is 39.6 Å². The van der Waals surface area contributed by atoms with E-state index in [1.807, 2.05) is 11.5 Å². The molecular weight excluding hydrogens is 336 g/mol. The van der Waals surface area contributed by atoms with E-state index in [9.17, 15) is 4.79 Å². The number of anilines is 1. The molecule has 0 aliphatic rings.